The van der Waals surface area contributed by atoms with E-state index in [9.17, 15) is 4.79 Å². The normalized spacial score (nSPS) is 12.4. The molecule has 126 valence electrons. The molecular formula is C15H23N5O3. The highest BCUT2D eigenvalue weighted by Crippen LogP contribution is 2.34. The molecule has 2 heterocycles. The molecule has 8 heteroatoms. The lowest BCUT2D eigenvalue weighted by molar-refractivity contribution is -0.153. The molecule has 0 saturated carbocycles. The fourth-order valence-corrected chi connectivity index (χ4v) is 2.16. The Morgan fingerprint density at radius 1 is 1.30 bits per heavy atom. The molecule has 0 atom stereocenters. The van der Waals surface area contributed by atoms with Crippen molar-refractivity contribution in [1.82, 2.24) is 19.6 Å². The molecule has 0 bridgehead atoms. The maximum Gasteiger partial charge on any atom is 0.313 e. The lowest BCUT2D eigenvalue weighted by Crippen LogP contribution is -2.51. The lowest BCUT2D eigenvalue weighted by atomic mass is 9.74. The van der Waals surface area contributed by atoms with Crippen LogP contribution in [-0.2, 0) is 20.9 Å². The first-order chi connectivity index (χ1) is 10.7. The van der Waals surface area contributed by atoms with Gasteiger partial charge in [-0.3, -0.25) is 4.79 Å². The summed E-state index contributed by atoms with van der Waals surface area (Å²) in [5.74, 6) is 0.853. The van der Waals surface area contributed by atoms with E-state index in [2.05, 4.69) is 20.4 Å². The van der Waals surface area contributed by atoms with Crippen LogP contribution in [0.5, 0.6) is 0 Å². The van der Waals surface area contributed by atoms with Gasteiger partial charge in [0, 0.05) is 18.7 Å². The van der Waals surface area contributed by atoms with Crippen molar-refractivity contribution in [2.75, 3.05) is 19.5 Å². The van der Waals surface area contributed by atoms with Crippen LogP contribution in [0.1, 0.15) is 33.4 Å². The van der Waals surface area contributed by atoms with E-state index in [4.69, 9.17) is 9.47 Å². The van der Waals surface area contributed by atoms with Crippen molar-refractivity contribution in [2.24, 2.45) is 5.41 Å². The number of hydrogen-bond acceptors (Lipinski definition) is 7. The summed E-state index contributed by atoms with van der Waals surface area (Å²) in [6.45, 7) is 7.90. The molecule has 2 aromatic rings. The van der Waals surface area contributed by atoms with E-state index in [0.29, 0.717) is 18.2 Å². The fraction of sp³-hybridized carbons (Fsp3) is 0.600. The van der Waals surface area contributed by atoms with Crippen LogP contribution in [0.3, 0.4) is 0 Å². The molecular weight excluding hydrogens is 298 g/mol. The van der Waals surface area contributed by atoms with Crippen molar-refractivity contribution in [2.45, 2.75) is 39.8 Å². The van der Waals surface area contributed by atoms with Crippen LogP contribution < -0.4 is 5.32 Å². The zero-order valence-corrected chi connectivity index (χ0v) is 14.4. The molecule has 0 fully saturated rings. The second-order valence-corrected chi connectivity index (χ2v) is 6.40. The minimum Gasteiger partial charge on any atom is -0.469 e. The molecule has 0 unspecified atom stereocenters. The second kappa shape index (κ2) is 6.11. The summed E-state index contributed by atoms with van der Waals surface area (Å²) < 4.78 is 11.7. The first kappa shape index (κ1) is 17.1. The smallest absolute Gasteiger partial charge is 0.313 e. The van der Waals surface area contributed by atoms with E-state index < -0.39 is 11.0 Å². The van der Waals surface area contributed by atoms with Gasteiger partial charge in [0.25, 0.3) is 5.78 Å². The highest BCUT2D eigenvalue weighted by molar-refractivity contribution is 5.78. The summed E-state index contributed by atoms with van der Waals surface area (Å²) in [6.07, 6.45) is 1.43. The van der Waals surface area contributed by atoms with E-state index in [-0.39, 0.29) is 5.97 Å². The lowest BCUT2D eigenvalue weighted by Gasteiger charge is -2.40. The van der Waals surface area contributed by atoms with Crippen molar-refractivity contribution in [3.8, 4) is 0 Å². The first-order valence-electron chi connectivity index (χ1n) is 7.28. The van der Waals surface area contributed by atoms with Gasteiger partial charge in [0.2, 0.25) is 0 Å². The molecule has 0 aliphatic carbocycles. The molecule has 0 spiro atoms. The number of aromatic nitrogens is 4. The molecule has 23 heavy (non-hydrogen) atoms. The first-order valence-corrected chi connectivity index (χ1v) is 7.28. The molecule has 0 radical (unpaired) electrons. The number of carbonyl (C=O) groups excluding carboxylic acids is 1. The average Bonchev–Trinajstić information content (AvgIpc) is 2.94. The summed E-state index contributed by atoms with van der Waals surface area (Å²) >= 11 is 0. The van der Waals surface area contributed by atoms with Crippen LogP contribution in [0.2, 0.25) is 0 Å². The minimum atomic E-state index is -0.765. The van der Waals surface area contributed by atoms with Crippen LogP contribution in [0.4, 0.5) is 5.82 Å². The van der Waals surface area contributed by atoms with Crippen LogP contribution in [-0.4, -0.2) is 45.3 Å². The Balaban J connectivity index is 2.43. The van der Waals surface area contributed by atoms with Gasteiger partial charge in [0.05, 0.1) is 24.8 Å². The molecule has 2 rings (SSSR count). The number of methoxy groups -OCH3 is 2. The van der Waals surface area contributed by atoms with Gasteiger partial charge in [-0.25, -0.2) is 4.98 Å². The largest absolute Gasteiger partial charge is 0.469 e. The monoisotopic (exact) mass is 321 g/mol. The zero-order chi connectivity index (χ0) is 17.3. The van der Waals surface area contributed by atoms with Gasteiger partial charge in [-0.15, -0.1) is 0 Å². The van der Waals surface area contributed by atoms with Crippen LogP contribution in [0, 0.1) is 5.41 Å². The minimum absolute atomic E-state index is 0.295. The number of nitrogens with one attached hydrogen (secondary N) is 1. The Bertz CT molecular complexity index is 708. The van der Waals surface area contributed by atoms with Gasteiger partial charge in [-0.05, 0) is 27.7 Å². The highest BCUT2D eigenvalue weighted by atomic mass is 16.5. The molecule has 1 N–H and O–H groups in total. The van der Waals surface area contributed by atoms with Gasteiger partial charge in [-0.1, -0.05) is 0 Å². The topological polar surface area (TPSA) is 90.6 Å². The van der Waals surface area contributed by atoms with E-state index >= 15 is 0 Å². The number of fused-ring (bicyclic) bond motifs is 1. The molecule has 0 aromatic carbocycles. The van der Waals surface area contributed by atoms with Crippen LogP contribution >= 0.6 is 0 Å². The number of esters is 1. The maximum absolute atomic E-state index is 12.1. The molecule has 0 aliphatic rings. The summed E-state index contributed by atoms with van der Waals surface area (Å²) in [4.78, 5) is 20.6. The predicted octanol–water partition coefficient (Wildman–Crippen LogP) is 1.66. The molecule has 8 nitrogen and oxygen atoms in total. The third kappa shape index (κ3) is 3.12. The molecule has 0 saturated heterocycles. The summed E-state index contributed by atoms with van der Waals surface area (Å²) in [7, 11) is 2.99. The average molecular weight is 321 g/mol. The summed E-state index contributed by atoms with van der Waals surface area (Å²) in [5.41, 5.74) is -0.647. The van der Waals surface area contributed by atoms with Gasteiger partial charge in [0.15, 0.2) is 0 Å². The van der Waals surface area contributed by atoms with Crippen molar-refractivity contribution in [3.63, 3.8) is 0 Å². The van der Waals surface area contributed by atoms with Crippen LogP contribution in [0.25, 0.3) is 5.78 Å². The number of carbonyl (C=O) groups is 1. The highest BCUT2D eigenvalue weighted by Gasteiger charge is 2.44. The van der Waals surface area contributed by atoms with Crippen molar-refractivity contribution >= 4 is 17.6 Å². The van der Waals surface area contributed by atoms with E-state index in [0.717, 1.165) is 5.69 Å². The molecule has 0 amide bonds. The fourth-order valence-electron chi connectivity index (χ4n) is 2.16. The predicted molar refractivity (Wildman–Crippen MR) is 85.0 cm³/mol. The standard InChI is InChI=1S/C15H23N5O3/c1-14(2,12(21)23-6)15(3,4)19-11-7-10(8-22-5)18-13-16-9-17-20(11)13/h7,9,19H,8H2,1-6H3. The van der Waals surface area contributed by atoms with Crippen LogP contribution in [0.15, 0.2) is 12.4 Å². The van der Waals surface area contributed by atoms with E-state index in [1.165, 1.54) is 13.4 Å². The number of ether oxygens (including phenoxy) is 2. The Morgan fingerprint density at radius 3 is 2.61 bits per heavy atom. The summed E-state index contributed by atoms with van der Waals surface area (Å²) in [5, 5.41) is 7.54. The third-order valence-corrected chi connectivity index (χ3v) is 4.30. The Morgan fingerprint density at radius 2 is 2.00 bits per heavy atom. The van der Waals surface area contributed by atoms with Crippen molar-refractivity contribution in [1.29, 1.82) is 0 Å². The quantitative estimate of drug-likeness (QED) is 0.809. The van der Waals surface area contributed by atoms with Gasteiger partial charge >= 0.3 is 5.97 Å². The second-order valence-electron chi connectivity index (χ2n) is 6.40. The number of rotatable bonds is 6. The van der Waals surface area contributed by atoms with E-state index in [1.807, 2.05) is 33.8 Å². The SMILES string of the molecule is COCc1cc(NC(C)(C)C(C)(C)C(=O)OC)n2ncnc2n1. The third-order valence-electron chi connectivity index (χ3n) is 4.30. The molecule has 0 aliphatic heterocycles. The van der Waals surface area contributed by atoms with Gasteiger partial charge in [0.1, 0.15) is 12.1 Å². The van der Waals surface area contributed by atoms with Gasteiger partial charge < -0.3 is 14.8 Å². The zero-order valence-electron chi connectivity index (χ0n) is 14.4. The number of nitrogens with zero attached hydrogens (tertiary/aromatic N) is 4. The summed E-state index contributed by atoms with van der Waals surface area (Å²) in [6, 6.07) is 1.83. The van der Waals surface area contributed by atoms with Crippen molar-refractivity contribution < 1.29 is 14.3 Å². The Hall–Kier alpha value is -2.22. The number of anilines is 1. The van der Waals surface area contributed by atoms with E-state index in [1.54, 1.807) is 11.6 Å². The Kier molecular flexibility index (Phi) is 4.56. The Labute approximate surface area is 135 Å². The maximum atomic E-state index is 12.1. The number of hydrogen-bond donors (Lipinski definition) is 1. The van der Waals surface area contributed by atoms with Crippen molar-refractivity contribution in [3.05, 3.63) is 18.1 Å². The van der Waals surface area contributed by atoms with Gasteiger partial charge in [-0.2, -0.15) is 14.6 Å². The molecule has 2 aromatic heterocycles.